The van der Waals surface area contributed by atoms with E-state index in [4.69, 9.17) is 28.2 Å². The number of anilines is 1. The molecule has 0 unspecified atom stereocenters. The molecule has 0 aliphatic heterocycles. The van der Waals surface area contributed by atoms with Crippen LogP contribution in [0, 0.1) is 6.92 Å². The third kappa shape index (κ3) is 4.31. The molecule has 0 aliphatic carbocycles. The lowest BCUT2D eigenvalue weighted by molar-refractivity contribution is 0.0977. The number of aryl methyl sites for hydroxylation is 1. The van der Waals surface area contributed by atoms with Gasteiger partial charge >= 0.3 is 0 Å². The van der Waals surface area contributed by atoms with E-state index in [0.29, 0.717) is 33.3 Å². The van der Waals surface area contributed by atoms with Gasteiger partial charge in [-0.25, -0.2) is 4.98 Å². The number of rotatable bonds is 3. The summed E-state index contributed by atoms with van der Waals surface area (Å²) in [6.45, 7) is 1.97. The average Bonchev–Trinajstić information content (AvgIpc) is 3.22. The quantitative estimate of drug-likeness (QED) is 0.285. The van der Waals surface area contributed by atoms with Gasteiger partial charge in [-0.15, -0.1) is 0 Å². The van der Waals surface area contributed by atoms with Gasteiger partial charge in [0.1, 0.15) is 5.52 Å². The van der Waals surface area contributed by atoms with Crippen LogP contribution in [0.25, 0.3) is 33.3 Å². The topological polar surface area (TPSA) is 67.2 Å². The lowest BCUT2D eigenvalue weighted by Crippen LogP contribution is -2.34. The molecule has 0 saturated carbocycles. The van der Waals surface area contributed by atoms with Crippen LogP contribution in [0.1, 0.15) is 15.9 Å². The highest BCUT2D eigenvalue weighted by Gasteiger charge is 2.14. The summed E-state index contributed by atoms with van der Waals surface area (Å²) in [6.07, 6.45) is 0. The zero-order chi connectivity index (χ0) is 22.9. The molecule has 4 aromatic carbocycles. The number of carbonyl (C=O) groups is 1. The molecule has 5 rings (SSSR count). The summed E-state index contributed by atoms with van der Waals surface area (Å²) in [7, 11) is 0. The zero-order valence-corrected chi connectivity index (χ0v) is 19.1. The summed E-state index contributed by atoms with van der Waals surface area (Å²) < 4.78 is 6.01. The minimum Gasteiger partial charge on any atom is -0.436 e. The summed E-state index contributed by atoms with van der Waals surface area (Å²) in [5.74, 6) is 0.234. The van der Waals surface area contributed by atoms with Crippen molar-refractivity contribution in [1.82, 2.24) is 10.3 Å². The molecule has 0 saturated heterocycles. The molecule has 1 heterocycles. The SMILES string of the molecule is Cc1ccc(C(=O)NC(=S)Nc2ccc3oc(-c4cccc5c(Cl)cccc45)nc3c2)cc1. The highest BCUT2D eigenvalue weighted by atomic mass is 35.5. The van der Waals surface area contributed by atoms with Crippen LogP contribution in [-0.4, -0.2) is 16.0 Å². The number of thiocarbonyl (C=S) groups is 1. The Morgan fingerprint density at radius 3 is 2.55 bits per heavy atom. The largest absolute Gasteiger partial charge is 0.436 e. The molecular formula is C26H18ClN3O2S. The molecule has 162 valence electrons. The molecule has 5 nitrogen and oxygen atoms in total. The summed E-state index contributed by atoms with van der Waals surface area (Å²) >= 11 is 11.7. The molecule has 0 fully saturated rings. The Hall–Kier alpha value is -3.74. The van der Waals surface area contributed by atoms with Crippen LogP contribution in [0.15, 0.2) is 83.3 Å². The fourth-order valence-electron chi connectivity index (χ4n) is 3.62. The Balaban J connectivity index is 1.38. The van der Waals surface area contributed by atoms with E-state index >= 15 is 0 Å². The number of benzene rings is 4. The molecule has 0 radical (unpaired) electrons. The second kappa shape index (κ2) is 8.65. The fourth-order valence-corrected chi connectivity index (χ4v) is 4.07. The Morgan fingerprint density at radius 2 is 1.73 bits per heavy atom. The molecule has 2 N–H and O–H groups in total. The van der Waals surface area contributed by atoms with E-state index in [9.17, 15) is 4.79 Å². The smallest absolute Gasteiger partial charge is 0.257 e. The molecule has 33 heavy (non-hydrogen) atoms. The minimum absolute atomic E-state index is 0.201. The van der Waals surface area contributed by atoms with E-state index < -0.39 is 0 Å². The Kier molecular flexibility index (Phi) is 5.54. The van der Waals surface area contributed by atoms with Crippen molar-refractivity contribution in [1.29, 1.82) is 0 Å². The number of hydrogen-bond donors (Lipinski definition) is 2. The van der Waals surface area contributed by atoms with Crippen LogP contribution >= 0.6 is 23.8 Å². The van der Waals surface area contributed by atoms with Gasteiger partial charge in [0.25, 0.3) is 5.91 Å². The predicted molar refractivity (Wildman–Crippen MR) is 137 cm³/mol. The number of fused-ring (bicyclic) bond motifs is 2. The normalized spacial score (nSPS) is 11.0. The fraction of sp³-hybridized carbons (Fsp3) is 0.0385. The molecule has 0 spiro atoms. The van der Waals surface area contributed by atoms with Crippen molar-refractivity contribution >= 4 is 62.4 Å². The summed E-state index contributed by atoms with van der Waals surface area (Å²) in [5.41, 5.74) is 4.49. The van der Waals surface area contributed by atoms with Crippen molar-refractivity contribution in [2.24, 2.45) is 0 Å². The molecule has 0 atom stereocenters. The number of carbonyl (C=O) groups excluding carboxylic acids is 1. The second-order valence-corrected chi connectivity index (χ2v) is 8.43. The van der Waals surface area contributed by atoms with Gasteiger partial charge in [0.15, 0.2) is 10.7 Å². The van der Waals surface area contributed by atoms with Crippen LogP contribution < -0.4 is 10.6 Å². The van der Waals surface area contributed by atoms with E-state index in [1.807, 2.05) is 73.7 Å². The maximum absolute atomic E-state index is 12.4. The Morgan fingerprint density at radius 1 is 0.970 bits per heavy atom. The van der Waals surface area contributed by atoms with Crippen molar-refractivity contribution < 1.29 is 9.21 Å². The van der Waals surface area contributed by atoms with Gasteiger partial charge in [0.05, 0.1) is 0 Å². The first-order chi connectivity index (χ1) is 16.0. The van der Waals surface area contributed by atoms with E-state index in [2.05, 4.69) is 15.6 Å². The van der Waals surface area contributed by atoms with Crippen molar-refractivity contribution in [2.75, 3.05) is 5.32 Å². The number of aromatic nitrogens is 1. The molecule has 1 amide bonds. The minimum atomic E-state index is -0.271. The van der Waals surface area contributed by atoms with Gasteiger partial charge in [0, 0.05) is 27.2 Å². The van der Waals surface area contributed by atoms with Gasteiger partial charge in [0.2, 0.25) is 5.89 Å². The van der Waals surface area contributed by atoms with Gasteiger partial charge in [-0.05, 0) is 67.0 Å². The number of oxazole rings is 1. The maximum Gasteiger partial charge on any atom is 0.257 e. The first kappa shape index (κ1) is 21.1. The molecule has 1 aromatic heterocycles. The Labute approximate surface area is 200 Å². The predicted octanol–water partition coefficient (Wildman–Crippen LogP) is 6.74. The van der Waals surface area contributed by atoms with Gasteiger partial charge in [-0.1, -0.05) is 53.6 Å². The molecule has 5 aromatic rings. The number of nitrogens with one attached hydrogen (secondary N) is 2. The van der Waals surface area contributed by atoms with E-state index in [1.165, 1.54) is 0 Å². The lowest BCUT2D eigenvalue weighted by atomic mass is 10.0. The van der Waals surface area contributed by atoms with Crippen molar-refractivity contribution in [3.8, 4) is 11.5 Å². The molecular weight excluding hydrogens is 454 g/mol. The molecule has 0 bridgehead atoms. The Bertz CT molecular complexity index is 1530. The highest BCUT2D eigenvalue weighted by molar-refractivity contribution is 7.80. The van der Waals surface area contributed by atoms with Gasteiger partial charge in [-0.2, -0.15) is 0 Å². The van der Waals surface area contributed by atoms with E-state index in [1.54, 1.807) is 12.1 Å². The first-order valence-corrected chi connectivity index (χ1v) is 11.0. The van der Waals surface area contributed by atoms with Crippen molar-refractivity contribution in [3.05, 3.63) is 95.0 Å². The maximum atomic E-state index is 12.4. The third-order valence-electron chi connectivity index (χ3n) is 5.29. The summed E-state index contributed by atoms with van der Waals surface area (Å²) in [4.78, 5) is 17.1. The second-order valence-electron chi connectivity index (χ2n) is 7.62. The van der Waals surface area contributed by atoms with Gasteiger partial charge < -0.3 is 9.73 Å². The van der Waals surface area contributed by atoms with Crippen LogP contribution in [0.5, 0.6) is 0 Å². The van der Waals surface area contributed by atoms with Crippen molar-refractivity contribution in [2.45, 2.75) is 6.92 Å². The average molecular weight is 472 g/mol. The van der Waals surface area contributed by atoms with E-state index in [-0.39, 0.29) is 11.0 Å². The van der Waals surface area contributed by atoms with Crippen LogP contribution in [-0.2, 0) is 0 Å². The van der Waals surface area contributed by atoms with Gasteiger partial charge in [-0.3, -0.25) is 10.1 Å². The molecule has 0 aliphatic rings. The third-order valence-corrected chi connectivity index (χ3v) is 5.82. The standard InChI is InChI=1S/C26H18ClN3O2S/c1-15-8-10-16(11-9-15)24(31)30-26(33)28-17-12-13-23-22(14-17)29-25(32-23)20-6-2-5-19-18(20)4-3-7-21(19)27/h2-14H,1H3,(H2,28,30,31,33). The summed E-state index contributed by atoms with van der Waals surface area (Å²) in [6, 6.07) is 24.4. The summed E-state index contributed by atoms with van der Waals surface area (Å²) in [5, 5.41) is 8.51. The number of nitrogens with zero attached hydrogens (tertiary/aromatic N) is 1. The first-order valence-electron chi connectivity index (χ1n) is 10.3. The highest BCUT2D eigenvalue weighted by Crippen LogP contribution is 2.33. The lowest BCUT2D eigenvalue weighted by Gasteiger charge is -2.09. The monoisotopic (exact) mass is 471 g/mol. The number of halogens is 1. The van der Waals surface area contributed by atoms with Crippen LogP contribution in [0.4, 0.5) is 5.69 Å². The van der Waals surface area contributed by atoms with Crippen molar-refractivity contribution in [3.63, 3.8) is 0 Å². The molecule has 7 heteroatoms. The zero-order valence-electron chi connectivity index (χ0n) is 17.6. The number of amides is 1. The number of hydrogen-bond acceptors (Lipinski definition) is 4. The van der Waals surface area contributed by atoms with Crippen LogP contribution in [0.3, 0.4) is 0 Å². The van der Waals surface area contributed by atoms with Crippen LogP contribution in [0.2, 0.25) is 5.02 Å². The van der Waals surface area contributed by atoms with E-state index in [0.717, 1.165) is 21.9 Å².